The predicted octanol–water partition coefficient (Wildman–Crippen LogP) is 2.51. The van der Waals surface area contributed by atoms with Crippen molar-refractivity contribution in [2.75, 3.05) is 6.54 Å². The summed E-state index contributed by atoms with van der Waals surface area (Å²) >= 11 is 0. The first-order valence-corrected chi connectivity index (χ1v) is 6.47. The Morgan fingerprint density at radius 3 is 2.88 bits per heavy atom. The maximum absolute atomic E-state index is 6.12. The highest BCUT2D eigenvalue weighted by atomic mass is 16.5. The van der Waals surface area contributed by atoms with E-state index in [1.165, 1.54) is 18.4 Å². The lowest BCUT2D eigenvalue weighted by atomic mass is 9.79. The van der Waals surface area contributed by atoms with Crippen molar-refractivity contribution in [3.8, 4) is 0 Å². The van der Waals surface area contributed by atoms with Gasteiger partial charge in [-0.05, 0) is 36.5 Å². The van der Waals surface area contributed by atoms with Gasteiger partial charge >= 0.3 is 0 Å². The van der Waals surface area contributed by atoms with E-state index in [1.54, 1.807) is 12.4 Å². The second kappa shape index (κ2) is 5.61. The molecule has 0 amide bonds. The molecule has 2 unspecified atom stereocenters. The van der Waals surface area contributed by atoms with Gasteiger partial charge in [0.25, 0.3) is 0 Å². The molecule has 0 radical (unpaired) electrons. The van der Waals surface area contributed by atoms with Gasteiger partial charge < -0.3 is 10.5 Å². The summed E-state index contributed by atoms with van der Waals surface area (Å²) in [6, 6.07) is 3.99. The standard InChI is InChI=1S/C14H22N2O/c1-12-3-2-6-14(9-12,11-15)17-10-13-4-7-16-8-5-13/h4-5,7-8,12H,2-3,6,9-11,15H2,1H3. The van der Waals surface area contributed by atoms with Crippen LogP contribution in [0.3, 0.4) is 0 Å². The summed E-state index contributed by atoms with van der Waals surface area (Å²) in [6.07, 6.45) is 8.33. The number of nitrogens with two attached hydrogens (primary N) is 1. The highest BCUT2D eigenvalue weighted by molar-refractivity contribution is 5.08. The molecule has 1 aromatic heterocycles. The average Bonchev–Trinajstić information content (AvgIpc) is 2.38. The smallest absolute Gasteiger partial charge is 0.0811 e. The van der Waals surface area contributed by atoms with Gasteiger partial charge in [-0.25, -0.2) is 0 Å². The lowest BCUT2D eigenvalue weighted by Gasteiger charge is -2.39. The Morgan fingerprint density at radius 1 is 1.47 bits per heavy atom. The normalized spacial score (nSPS) is 29.2. The Labute approximate surface area is 103 Å². The number of aromatic nitrogens is 1. The second-order valence-corrected chi connectivity index (χ2v) is 5.23. The summed E-state index contributed by atoms with van der Waals surface area (Å²) in [5.41, 5.74) is 7.00. The zero-order valence-corrected chi connectivity index (χ0v) is 10.6. The molecule has 3 heteroatoms. The van der Waals surface area contributed by atoms with Crippen molar-refractivity contribution in [1.29, 1.82) is 0 Å². The second-order valence-electron chi connectivity index (χ2n) is 5.23. The molecular weight excluding hydrogens is 212 g/mol. The molecule has 0 aromatic carbocycles. The fourth-order valence-electron chi connectivity index (χ4n) is 2.70. The van der Waals surface area contributed by atoms with Crippen LogP contribution in [0, 0.1) is 5.92 Å². The zero-order chi connectivity index (χ0) is 12.1. The monoisotopic (exact) mass is 234 g/mol. The van der Waals surface area contributed by atoms with E-state index in [4.69, 9.17) is 10.5 Å². The van der Waals surface area contributed by atoms with Crippen LogP contribution in [-0.2, 0) is 11.3 Å². The maximum Gasteiger partial charge on any atom is 0.0811 e. The van der Waals surface area contributed by atoms with Gasteiger partial charge in [-0.15, -0.1) is 0 Å². The third-order valence-electron chi connectivity index (χ3n) is 3.72. The van der Waals surface area contributed by atoms with E-state index in [2.05, 4.69) is 11.9 Å². The summed E-state index contributed by atoms with van der Waals surface area (Å²) < 4.78 is 6.12. The Hall–Kier alpha value is -0.930. The lowest BCUT2D eigenvalue weighted by Crippen LogP contribution is -2.44. The van der Waals surface area contributed by atoms with E-state index < -0.39 is 0 Å². The van der Waals surface area contributed by atoms with Crippen LogP contribution in [-0.4, -0.2) is 17.1 Å². The van der Waals surface area contributed by atoms with Crippen molar-refractivity contribution in [2.24, 2.45) is 11.7 Å². The Morgan fingerprint density at radius 2 is 2.24 bits per heavy atom. The zero-order valence-electron chi connectivity index (χ0n) is 10.6. The highest BCUT2D eigenvalue weighted by Gasteiger charge is 2.34. The van der Waals surface area contributed by atoms with Crippen LogP contribution in [0.2, 0.25) is 0 Å². The molecule has 1 saturated carbocycles. The van der Waals surface area contributed by atoms with Crippen LogP contribution < -0.4 is 5.73 Å². The first-order valence-electron chi connectivity index (χ1n) is 6.47. The van der Waals surface area contributed by atoms with Crippen molar-refractivity contribution in [3.05, 3.63) is 30.1 Å². The molecule has 0 spiro atoms. The van der Waals surface area contributed by atoms with Gasteiger partial charge in [0.05, 0.1) is 12.2 Å². The first kappa shape index (κ1) is 12.5. The fraction of sp³-hybridized carbons (Fsp3) is 0.643. The SMILES string of the molecule is CC1CCCC(CN)(OCc2ccncc2)C1. The topological polar surface area (TPSA) is 48.1 Å². The minimum absolute atomic E-state index is 0.0963. The number of rotatable bonds is 4. The summed E-state index contributed by atoms with van der Waals surface area (Å²) in [5, 5.41) is 0. The van der Waals surface area contributed by atoms with E-state index >= 15 is 0 Å². The van der Waals surface area contributed by atoms with E-state index in [0.29, 0.717) is 13.2 Å². The molecule has 1 fully saturated rings. The fourth-order valence-corrected chi connectivity index (χ4v) is 2.70. The van der Waals surface area contributed by atoms with Crippen molar-refractivity contribution in [2.45, 2.75) is 44.8 Å². The molecular formula is C14H22N2O. The number of nitrogens with zero attached hydrogens (tertiary/aromatic N) is 1. The van der Waals surface area contributed by atoms with Gasteiger partial charge in [-0.3, -0.25) is 4.98 Å². The van der Waals surface area contributed by atoms with Gasteiger partial charge in [0, 0.05) is 18.9 Å². The molecule has 1 aliphatic carbocycles. The molecule has 2 atom stereocenters. The summed E-state index contributed by atoms with van der Waals surface area (Å²) in [6.45, 7) is 3.56. The number of pyridine rings is 1. The van der Waals surface area contributed by atoms with Crippen molar-refractivity contribution < 1.29 is 4.74 Å². The Bertz CT molecular complexity index is 341. The minimum Gasteiger partial charge on any atom is -0.369 e. The number of ether oxygens (including phenoxy) is 1. The molecule has 2 rings (SSSR count). The summed E-state index contributed by atoms with van der Waals surface area (Å²) in [7, 11) is 0. The quantitative estimate of drug-likeness (QED) is 0.870. The number of hydrogen-bond donors (Lipinski definition) is 1. The largest absolute Gasteiger partial charge is 0.369 e. The molecule has 3 nitrogen and oxygen atoms in total. The third-order valence-corrected chi connectivity index (χ3v) is 3.72. The van der Waals surface area contributed by atoms with Crippen LogP contribution in [0.15, 0.2) is 24.5 Å². The van der Waals surface area contributed by atoms with Gasteiger partial charge in [0.1, 0.15) is 0 Å². The molecule has 1 aromatic rings. The van der Waals surface area contributed by atoms with Crippen LogP contribution in [0.5, 0.6) is 0 Å². The van der Waals surface area contributed by atoms with Gasteiger partial charge in [-0.1, -0.05) is 19.8 Å². The van der Waals surface area contributed by atoms with Gasteiger partial charge in [0.2, 0.25) is 0 Å². The minimum atomic E-state index is -0.0963. The molecule has 0 bridgehead atoms. The van der Waals surface area contributed by atoms with E-state index in [-0.39, 0.29) is 5.60 Å². The van der Waals surface area contributed by atoms with Gasteiger partial charge in [0.15, 0.2) is 0 Å². The molecule has 1 aliphatic rings. The molecule has 94 valence electrons. The first-order chi connectivity index (χ1) is 8.24. The van der Waals surface area contributed by atoms with E-state index in [9.17, 15) is 0 Å². The molecule has 17 heavy (non-hydrogen) atoms. The highest BCUT2D eigenvalue weighted by Crippen LogP contribution is 2.35. The maximum atomic E-state index is 6.12. The van der Waals surface area contributed by atoms with Crippen LogP contribution >= 0.6 is 0 Å². The lowest BCUT2D eigenvalue weighted by molar-refractivity contribution is -0.0840. The third kappa shape index (κ3) is 3.27. The average molecular weight is 234 g/mol. The van der Waals surface area contributed by atoms with Crippen molar-refractivity contribution in [1.82, 2.24) is 4.98 Å². The Balaban J connectivity index is 1.95. The number of hydrogen-bond acceptors (Lipinski definition) is 3. The Kier molecular flexibility index (Phi) is 4.13. The molecule has 2 N–H and O–H groups in total. The molecule has 0 aliphatic heterocycles. The molecule has 1 heterocycles. The van der Waals surface area contributed by atoms with Crippen molar-refractivity contribution in [3.63, 3.8) is 0 Å². The predicted molar refractivity (Wildman–Crippen MR) is 68.4 cm³/mol. The summed E-state index contributed by atoms with van der Waals surface area (Å²) in [4.78, 5) is 4.01. The van der Waals surface area contributed by atoms with Crippen LogP contribution in [0.4, 0.5) is 0 Å². The molecule has 0 saturated heterocycles. The van der Waals surface area contributed by atoms with Crippen LogP contribution in [0.25, 0.3) is 0 Å². The van der Waals surface area contributed by atoms with Crippen LogP contribution in [0.1, 0.15) is 38.2 Å². The van der Waals surface area contributed by atoms with Gasteiger partial charge in [-0.2, -0.15) is 0 Å². The van der Waals surface area contributed by atoms with E-state index in [0.717, 1.165) is 18.8 Å². The van der Waals surface area contributed by atoms with Crippen molar-refractivity contribution >= 4 is 0 Å². The summed E-state index contributed by atoms with van der Waals surface area (Å²) in [5.74, 6) is 0.727. The van der Waals surface area contributed by atoms with E-state index in [1.807, 2.05) is 12.1 Å².